The third kappa shape index (κ3) is 4.14. The monoisotopic (exact) mass is 403 g/mol. The molecule has 0 unspecified atom stereocenters. The Labute approximate surface area is 171 Å². The van der Waals surface area contributed by atoms with Gasteiger partial charge in [0.1, 0.15) is 9.88 Å². The highest BCUT2D eigenvalue weighted by atomic mass is 32.1. The number of aryl methyl sites for hydroxylation is 1. The number of hydrogen-bond donors (Lipinski definition) is 1. The fourth-order valence-corrected chi connectivity index (χ4v) is 3.84. The van der Waals surface area contributed by atoms with Gasteiger partial charge in [0.25, 0.3) is 5.91 Å². The molecule has 0 atom stereocenters. The minimum atomic E-state index is -0.574. The van der Waals surface area contributed by atoms with Crippen LogP contribution in [-0.2, 0) is 9.53 Å². The molecular weight excluding hydrogens is 386 g/mol. The topological polar surface area (TPSA) is 81.2 Å². The minimum Gasteiger partial charge on any atom is -0.451 e. The number of rotatable bonds is 5. The van der Waals surface area contributed by atoms with Crippen LogP contribution in [0.1, 0.15) is 15.4 Å². The maximum atomic E-state index is 12.4. The number of nitrogens with one attached hydrogen (secondary N) is 1. The van der Waals surface area contributed by atoms with E-state index in [-0.39, 0.29) is 6.61 Å². The summed E-state index contributed by atoms with van der Waals surface area (Å²) in [5.74, 6) is -0.975. The van der Waals surface area contributed by atoms with Crippen molar-refractivity contribution in [2.45, 2.75) is 6.92 Å². The zero-order valence-electron chi connectivity index (χ0n) is 15.6. The summed E-state index contributed by atoms with van der Waals surface area (Å²) in [7, 11) is 0. The summed E-state index contributed by atoms with van der Waals surface area (Å²) in [5, 5.41) is 5.38. The van der Waals surface area contributed by atoms with Crippen molar-refractivity contribution in [2.24, 2.45) is 0 Å². The van der Waals surface area contributed by atoms with E-state index in [0.717, 1.165) is 10.8 Å². The lowest BCUT2D eigenvalue weighted by atomic mass is 10.1. The minimum absolute atomic E-state index is 0.364. The van der Waals surface area contributed by atoms with E-state index in [4.69, 9.17) is 4.74 Å². The van der Waals surface area contributed by atoms with Crippen LogP contribution in [0.4, 0.5) is 5.69 Å². The number of pyridine rings is 1. The van der Waals surface area contributed by atoms with E-state index in [1.54, 1.807) is 13.1 Å². The Hall–Kier alpha value is -3.58. The van der Waals surface area contributed by atoms with Crippen molar-refractivity contribution in [1.82, 2.24) is 9.97 Å². The average Bonchev–Trinajstić information content (AvgIpc) is 3.15. The fraction of sp³-hybridized carbons (Fsp3) is 0.0909. The summed E-state index contributed by atoms with van der Waals surface area (Å²) in [6.45, 7) is 1.36. The molecule has 0 bridgehead atoms. The molecule has 0 aliphatic heterocycles. The van der Waals surface area contributed by atoms with Crippen LogP contribution in [0.15, 0.2) is 66.9 Å². The van der Waals surface area contributed by atoms with Gasteiger partial charge in [-0.15, -0.1) is 11.3 Å². The Morgan fingerprint density at radius 1 is 1.03 bits per heavy atom. The Morgan fingerprint density at radius 3 is 2.66 bits per heavy atom. The van der Waals surface area contributed by atoms with Crippen molar-refractivity contribution in [3.8, 4) is 10.7 Å². The number of nitrogens with zero attached hydrogens (tertiary/aromatic N) is 2. The molecule has 0 saturated heterocycles. The van der Waals surface area contributed by atoms with E-state index in [1.807, 2.05) is 60.7 Å². The van der Waals surface area contributed by atoms with Crippen LogP contribution in [0.3, 0.4) is 0 Å². The Balaban J connectivity index is 1.42. The number of anilines is 1. The van der Waals surface area contributed by atoms with Gasteiger partial charge in [-0.25, -0.2) is 9.78 Å². The number of esters is 1. The largest absolute Gasteiger partial charge is 0.451 e. The summed E-state index contributed by atoms with van der Waals surface area (Å²) in [6.07, 6.45) is 1.67. The SMILES string of the molecule is Cc1nc(-c2ccccn2)sc1C(=O)OCC(=O)Nc1cccc2ccccc12. The molecule has 0 aliphatic rings. The first kappa shape index (κ1) is 18.8. The highest BCUT2D eigenvalue weighted by molar-refractivity contribution is 7.17. The molecular formula is C22H17N3O3S. The number of amides is 1. The smallest absolute Gasteiger partial charge is 0.350 e. The van der Waals surface area contributed by atoms with Crippen molar-refractivity contribution in [3.05, 3.63) is 77.4 Å². The van der Waals surface area contributed by atoms with E-state index in [9.17, 15) is 9.59 Å². The Bertz CT molecular complexity index is 1180. The van der Waals surface area contributed by atoms with Crippen LogP contribution in [-0.4, -0.2) is 28.5 Å². The van der Waals surface area contributed by atoms with Crippen LogP contribution in [0, 0.1) is 6.92 Å². The zero-order chi connectivity index (χ0) is 20.2. The Kier molecular flexibility index (Phi) is 5.31. The standard InChI is InChI=1S/C22H17N3O3S/c1-14-20(29-21(24-14)18-10-4-5-12-23-18)22(27)28-13-19(26)25-17-11-6-8-15-7-2-3-9-16(15)17/h2-12H,13H2,1H3,(H,25,26). The van der Waals surface area contributed by atoms with Gasteiger partial charge in [-0.05, 0) is 30.5 Å². The molecule has 0 fully saturated rings. The van der Waals surface area contributed by atoms with Crippen molar-refractivity contribution in [3.63, 3.8) is 0 Å². The highest BCUT2D eigenvalue weighted by Gasteiger charge is 2.19. The zero-order valence-corrected chi connectivity index (χ0v) is 16.4. The molecule has 2 aromatic carbocycles. The van der Waals surface area contributed by atoms with Gasteiger partial charge in [-0.3, -0.25) is 9.78 Å². The number of aromatic nitrogens is 2. The predicted octanol–water partition coefficient (Wildman–Crippen LogP) is 4.46. The van der Waals surface area contributed by atoms with E-state index in [1.165, 1.54) is 11.3 Å². The first-order valence-electron chi connectivity index (χ1n) is 8.95. The number of thiazole rings is 1. The second-order valence-corrected chi connectivity index (χ2v) is 7.30. The van der Waals surface area contributed by atoms with Crippen molar-refractivity contribution < 1.29 is 14.3 Å². The van der Waals surface area contributed by atoms with Gasteiger partial charge in [0.2, 0.25) is 0 Å². The molecule has 29 heavy (non-hydrogen) atoms. The lowest BCUT2D eigenvalue weighted by Gasteiger charge is -2.09. The lowest BCUT2D eigenvalue weighted by molar-refractivity contribution is -0.119. The molecule has 0 aliphatic carbocycles. The quantitative estimate of drug-likeness (QED) is 0.498. The summed E-state index contributed by atoms with van der Waals surface area (Å²) < 4.78 is 5.20. The summed E-state index contributed by atoms with van der Waals surface area (Å²) in [5.41, 5.74) is 1.92. The molecule has 2 aromatic heterocycles. The summed E-state index contributed by atoms with van der Waals surface area (Å²) in [4.78, 5) is 33.7. The summed E-state index contributed by atoms with van der Waals surface area (Å²) >= 11 is 1.20. The van der Waals surface area contributed by atoms with Crippen LogP contribution in [0.5, 0.6) is 0 Å². The highest BCUT2D eigenvalue weighted by Crippen LogP contribution is 2.27. The number of ether oxygens (including phenoxy) is 1. The molecule has 0 spiro atoms. The molecule has 6 nitrogen and oxygen atoms in total. The molecule has 1 amide bonds. The second kappa shape index (κ2) is 8.20. The normalized spacial score (nSPS) is 10.7. The molecule has 144 valence electrons. The maximum absolute atomic E-state index is 12.4. The van der Waals surface area contributed by atoms with Gasteiger partial charge in [0.15, 0.2) is 6.61 Å². The Morgan fingerprint density at radius 2 is 1.83 bits per heavy atom. The fourth-order valence-electron chi connectivity index (χ4n) is 2.90. The number of fused-ring (bicyclic) bond motifs is 1. The van der Waals surface area contributed by atoms with Gasteiger partial charge in [0, 0.05) is 17.3 Å². The van der Waals surface area contributed by atoms with Gasteiger partial charge >= 0.3 is 5.97 Å². The number of carbonyl (C=O) groups excluding carboxylic acids is 2. The molecule has 0 saturated carbocycles. The molecule has 4 aromatic rings. The van der Waals surface area contributed by atoms with Crippen molar-refractivity contribution in [2.75, 3.05) is 11.9 Å². The third-order valence-corrected chi connectivity index (χ3v) is 5.42. The number of carbonyl (C=O) groups is 2. The number of hydrogen-bond acceptors (Lipinski definition) is 6. The predicted molar refractivity (Wildman–Crippen MR) is 113 cm³/mol. The van der Waals surface area contributed by atoms with E-state index in [0.29, 0.717) is 27.0 Å². The van der Waals surface area contributed by atoms with E-state index >= 15 is 0 Å². The average molecular weight is 403 g/mol. The second-order valence-electron chi connectivity index (χ2n) is 6.30. The van der Waals surface area contributed by atoms with Gasteiger partial charge in [0.05, 0.1) is 11.4 Å². The lowest BCUT2D eigenvalue weighted by Crippen LogP contribution is -2.21. The molecule has 2 heterocycles. The molecule has 0 radical (unpaired) electrons. The first-order chi connectivity index (χ1) is 14.1. The van der Waals surface area contributed by atoms with Gasteiger partial charge in [-0.2, -0.15) is 0 Å². The van der Waals surface area contributed by atoms with Gasteiger partial charge in [-0.1, -0.05) is 42.5 Å². The van der Waals surface area contributed by atoms with E-state index in [2.05, 4.69) is 15.3 Å². The summed E-state index contributed by atoms with van der Waals surface area (Å²) in [6, 6.07) is 18.9. The van der Waals surface area contributed by atoms with Gasteiger partial charge < -0.3 is 10.1 Å². The van der Waals surface area contributed by atoms with Crippen LogP contribution in [0.2, 0.25) is 0 Å². The first-order valence-corrected chi connectivity index (χ1v) is 9.77. The molecule has 7 heteroatoms. The van der Waals surface area contributed by atoms with Crippen molar-refractivity contribution >= 4 is 39.7 Å². The van der Waals surface area contributed by atoms with Crippen LogP contribution >= 0.6 is 11.3 Å². The van der Waals surface area contributed by atoms with Crippen LogP contribution in [0.25, 0.3) is 21.5 Å². The van der Waals surface area contributed by atoms with Crippen LogP contribution < -0.4 is 5.32 Å². The third-order valence-electron chi connectivity index (χ3n) is 4.26. The molecule has 4 rings (SSSR count). The van der Waals surface area contributed by atoms with E-state index < -0.39 is 11.9 Å². The number of benzene rings is 2. The van der Waals surface area contributed by atoms with Crippen molar-refractivity contribution in [1.29, 1.82) is 0 Å². The maximum Gasteiger partial charge on any atom is 0.350 e. The molecule has 1 N–H and O–H groups in total.